The van der Waals surface area contributed by atoms with Gasteiger partial charge in [-0.05, 0) is 67.0 Å². The number of pyridine rings is 1. The maximum atomic E-state index is 12.7. The van der Waals surface area contributed by atoms with Gasteiger partial charge in [0.05, 0.1) is 24.6 Å². The topological polar surface area (TPSA) is 84.0 Å². The molecular weight excluding hydrogens is 414 g/mol. The van der Waals surface area contributed by atoms with Gasteiger partial charge < -0.3 is 4.74 Å². The van der Waals surface area contributed by atoms with Gasteiger partial charge in [-0.15, -0.1) is 0 Å². The van der Waals surface area contributed by atoms with Crippen LogP contribution in [0.25, 0.3) is 16.7 Å². The molecule has 3 aromatic rings. The Labute approximate surface area is 193 Å². The van der Waals surface area contributed by atoms with Crippen molar-refractivity contribution in [1.82, 2.24) is 14.8 Å². The van der Waals surface area contributed by atoms with Crippen molar-refractivity contribution in [3.63, 3.8) is 0 Å². The predicted molar refractivity (Wildman–Crippen MR) is 127 cm³/mol. The van der Waals surface area contributed by atoms with E-state index in [-0.39, 0.29) is 12.1 Å². The van der Waals surface area contributed by atoms with E-state index in [1.165, 1.54) is 7.11 Å². The Bertz CT molecular complexity index is 1170. The maximum Gasteiger partial charge on any atom is 0.414 e. The van der Waals surface area contributed by atoms with E-state index in [9.17, 15) is 4.79 Å². The zero-order chi connectivity index (χ0) is 23.4. The first-order chi connectivity index (χ1) is 16.0. The van der Waals surface area contributed by atoms with Crippen molar-refractivity contribution in [3.8, 4) is 17.2 Å². The number of amides is 1. The Morgan fingerprint density at radius 3 is 2.39 bits per heavy atom. The summed E-state index contributed by atoms with van der Waals surface area (Å²) < 4.78 is 6.89. The normalized spacial score (nSPS) is 17.7. The second-order valence-corrected chi connectivity index (χ2v) is 8.36. The number of carbonyl (C=O) groups is 1. The Kier molecular flexibility index (Phi) is 6.55. The second kappa shape index (κ2) is 9.70. The molecule has 0 radical (unpaired) electrons. The van der Waals surface area contributed by atoms with Gasteiger partial charge in [-0.2, -0.15) is 10.4 Å². The maximum absolute atomic E-state index is 12.7. The number of ether oxygens (including phenoxy) is 1. The molecule has 0 atom stereocenters. The lowest BCUT2D eigenvalue weighted by atomic mass is 9.80. The van der Waals surface area contributed by atoms with Crippen LogP contribution in [-0.2, 0) is 11.8 Å². The fourth-order valence-electron chi connectivity index (χ4n) is 4.49. The molecule has 0 bridgehead atoms. The summed E-state index contributed by atoms with van der Waals surface area (Å²) in [7, 11) is 3.31. The van der Waals surface area contributed by atoms with Crippen LogP contribution in [0.1, 0.15) is 36.9 Å². The molecule has 2 aromatic heterocycles. The van der Waals surface area contributed by atoms with Crippen LogP contribution < -0.4 is 4.90 Å². The molecule has 168 valence electrons. The lowest BCUT2D eigenvalue weighted by Crippen LogP contribution is -2.42. The number of allylic oxidation sites excluding steroid dienone is 1. The van der Waals surface area contributed by atoms with Crippen LogP contribution in [0.4, 0.5) is 10.5 Å². The highest BCUT2D eigenvalue weighted by atomic mass is 16.5. The monoisotopic (exact) mass is 441 g/mol. The third-order valence-corrected chi connectivity index (χ3v) is 6.33. The minimum Gasteiger partial charge on any atom is -0.452 e. The number of aryl methyl sites for hydroxylation is 1. The minimum absolute atomic E-state index is 0.0552. The summed E-state index contributed by atoms with van der Waals surface area (Å²) in [5.41, 5.74) is 5.26. The molecule has 7 nitrogen and oxygen atoms in total. The molecule has 33 heavy (non-hydrogen) atoms. The zero-order valence-corrected chi connectivity index (χ0v) is 18.9. The number of carbonyl (C=O) groups excluding carboxylic acids is 1. The molecule has 0 N–H and O–H groups in total. The van der Waals surface area contributed by atoms with Crippen molar-refractivity contribution in [1.29, 1.82) is 5.26 Å². The average molecular weight is 442 g/mol. The highest BCUT2D eigenvalue weighted by Gasteiger charge is 2.32. The van der Waals surface area contributed by atoms with Crippen molar-refractivity contribution in [2.75, 3.05) is 12.0 Å². The number of hydrogen-bond acceptors (Lipinski definition) is 5. The molecule has 0 aliphatic heterocycles. The summed E-state index contributed by atoms with van der Waals surface area (Å²) in [6.45, 7) is 4.27. The molecule has 1 aromatic carbocycles. The molecule has 1 saturated carbocycles. The van der Waals surface area contributed by atoms with Crippen molar-refractivity contribution in [2.24, 2.45) is 13.0 Å². The molecule has 0 unspecified atom stereocenters. The standard InChI is InChI=1S/C26H27N5O2/c1-18(25-13-4-19(14-27)15-28-25)20-5-9-23(10-6-20)31(26(32)33-3)24-11-7-21(8-12-24)22-16-29-30(2)17-22/h4,7-8,11-13,15-17,20,23H,1,5-6,9-10H2,2-3H3. The summed E-state index contributed by atoms with van der Waals surface area (Å²) in [6, 6.07) is 13.7. The number of nitrogens with zero attached hydrogens (tertiary/aromatic N) is 5. The van der Waals surface area contributed by atoms with Crippen molar-refractivity contribution in [2.45, 2.75) is 31.7 Å². The van der Waals surface area contributed by atoms with E-state index in [2.05, 4.69) is 22.7 Å². The van der Waals surface area contributed by atoms with E-state index < -0.39 is 0 Å². The number of aromatic nitrogens is 3. The lowest BCUT2D eigenvalue weighted by molar-refractivity contribution is 0.173. The highest BCUT2D eigenvalue weighted by Crippen LogP contribution is 2.37. The largest absolute Gasteiger partial charge is 0.452 e. The van der Waals surface area contributed by atoms with Crippen LogP contribution in [0.5, 0.6) is 0 Å². The average Bonchev–Trinajstić information content (AvgIpc) is 3.30. The molecular formula is C26H27N5O2. The Morgan fingerprint density at radius 2 is 1.85 bits per heavy atom. The van der Waals surface area contributed by atoms with Crippen LogP contribution in [0.2, 0.25) is 0 Å². The molecule has 0 saturated heterocycles. The number of anilines is 1. The number of methoxy groups -OCH3 is 1. The molecule has 1 aliphatic rings. The number of benzene rings is 1. The zero-order valence-electron chi connectivity index (χ0n) is 18.9. The molecule has 4 rings (SSSR count). The molecule has 0 spiro atoms. The predicted octanol–water partition coefficient (Wildman–Crippen LogP) is 5.20. The lowest BCUT2D eigenvalue weighted by Gasteiger charge is -2.36. The van der Waals surface area contributed by atoms with Gasteiger partial charge in [0.25, 0.3) is 0 Å². The van der Waals surface area contributed by atoms with Gasteiger partial charge in [-0.25, -0.2) is 4.79 Å². The van der Waals surface area contributed by atoms with Gasteiger partial charge in [0.1, 0.15) is 6.07 Å². The number of rotatable bonds is 5. The molecule has 2 heterocycles. The molecule has 1 aliphatic carbocycles. The van der Waals surface area contributed by atoms with Crippen LogP contribution in [-0.4, -0.2) is 34.0 Å². The minimum atomic E-state index is -0.347. The first-order valence-corrected chi connectivity index (χ1v) is 11.0. The summed E-state index contributed by atoms with van der Waals surface area (Å²) in [5, 5.41) is 13.2. The SMILES string of the molecule is C=C(c1ccc(C#N)cn1)C1CCC(N(C(=O)OC)c2ccc(-c3cnn(C)c3)cc2)CC1. The summed E-state index contributed by atoms with van der Waals surface area (Å²) in [5.74, 6) is 0.300. The summed E-state index contributed by atoms with van der Waals surface area (Å²) >= 11 is 0. The fourth-order valence-corrected chi connectivity index (χ4v) is 4.49. The summed E-state index contributed by atoms with van der Waals surface area (Å²) in [4.78, 5) is 18.9. The number of nitriles is 1. The smallest absolute Gasteiger partial charge is 0.414 e. The first-order valence-electron chi connectivity index (χ1n) is 11.0. The second-order valence-electron chi connectivity index (χ2n) is 8.36. The van der Waals surface area contributed by atoms with Gasteiger partial charge in [0.15, 0.2) is 0 Å². The fraction of sp³-hybridized carbons (Fsp3) is 0.308. The Hall–Kier alpha value is -3.92. The van der Waals surface area contributed by atoms with E-state index in [1.54, 1.807) is 21.8 Å². The van der Waals surface area contributed by atoms with Gasteiger partial charge in [0.2, 0.25) is 0 Å². The third kappa shape index (κ3) is 4.80. The van der Waals surface area contributed by atoms with Crippen LogP contribution >= 0.6 is 0 Å². The van der Waals surface area contributed by atoms with E-state index in [1.807, 2.05) is 49.8 Å². The van der Waals surface area contributed by atoms with E-state index in [0.29, 0.717) is 11.5 Å². The highest BCUT2D eigenvalue weighted by molar-refractivity contribution is 5.88. The van der Waals surface area contributed by atoms with Crippen LogP contribution in [0, 0.1) is 17.2 Å². The molecule has 1 fully saturated rings. The van der Waals surface area contributed by atoms with Crippen LogP contribution in [0.15, 0.2) is 61.6 Å². The van der Waals surface area contributed by atoms with Crippen LogP contribution in [0.3, 0.4) is 0 Å². The third-order valence-electron chi connectivity index (χ3n) is 6.33. The van der Waals surface area contributed by atoms with E-state index in [4.69, 9.17) is 10.00 Å². The Morgan fingerprint density at radius 1 is 1.12 bits per heavy atom. The van der Waals surface area contributed by atoms with E-state index in [0.717, 1.165) is 53.8 Å². The molecule has 1 amide bonds. The molecule has 7 heteroatoms. The van der Waals surface area contributed by atoms with Crippen molar-refractivity contribution < 1.29 is 9.53 Å². The van der Waals surface area contributed by atoms with Gasteiger partial charge in [-0.3, -0.25) is 14.6 Å². The van der Waals surface area contributed by atoms with Gasteiger partial charge in [0, 0.05) is 36.7 Å². The van der Waals surface area contributed by atoms with E-state index >= 15 is 0 Å². The van der Waals surface area contributed by atoms with Crippen molar-refractivity contribution in [3.05, 3.63) is 72.8 Å². The summed E-state index contributed by atoms with van der Waals surface area (Å²) in [6.07, 6.45) is 8.53. The van der Waals surface area contributed by atoms with Crippen molar-refractivity contribution >= 4 is 17.4 Å². The first kappa shape index (κ1) is 22.3. The van der Waals surface area contributed by atoms with Gasteiger partial charge in [-0.1, -0.05) is 18.7 Å². The Balaban J connectivity index is 1.46. The van der Waals surface area contributed by atoms with Gasteiger partial charge >= 0.3 is 6.09 Å². The quantitative estimate of drug-likeness (QED) is 0.543. The number of hydrogen-bond donors (Lipinski definition) is 0.